The molecule has 16 atom stereocenters. The van der Waals surface area contributed by atoms with Gasteiger partial charge in [-0.2, -0.15) is 0 Å². The number of rotatable bonds is 7. The van der Waals surface area contributed by atoms with Crippen LogP contribution in [0.15, 0.2) is 35.1 Å². The third kappa shape index (κ3) is 5.35. The number of hydrogen-bond acceptors (Lipinski definition) is 12. The molecule has 0 aromatic heterocycles. The summed E-state index contributed by atoms with van der Waals surface area (Å²) in [6, 6.07) is 0. The van der Waals surface area contributed by atoms with Gasteiger partial charge in [-0.15, -0.1) is 0 Å². The monoisotopic (exact) mass is 792 g/mol. The molecule has 8 aliphatic carbocycles. The summed E-state index contributed by atoms with van der Waals surface area (Å²) in [7, 11) is 0. The summed E-state index contributed by atoms with van der Waals surface area (Å²) in [6.45, 7) is 8.14. The van der Waals surface area contributed by atoms with Crippen LogP contribution >= 0.6 is 0 Å². The van der Waals surface area contributed by atoms with E-state index in [-0.39, 0.29) is 85.4 Å². The standard InChI is InChI=1S/C45H60O12/c1-22(47)39(54)45(56)13-11-31-28-8-6-23-14-26(48)16-25(42(23,4)37(28)32(50)20-41(31,45)3)17-36(53)57-35-18-27(49)15-24-7-9-29-30-10-12-44(55,34(52)21-46)40(30,2)19-33(51)38(29)43(24,35)5/h14-15,18,22,25,28-33,37-38,46-47,50-51,55-56H,6-13,16-17,19-21H2,1-5H3/t22?,25?,28-,29-,30-,31-,32-,33-,37+,38+,40-,41-,42+,43+,44-,45-/m0/s1. The SMILES string of the molecule is CC(O)C(=O)[C@@]1(O)CC[C@H]2[C@@H]3CCC4=CC(=O)CC(CC(=O)OC5=CC(=O)C=C6CC[C@@H]7[C@H]([C@@H](O)C[C@@]8(C)[C@H]7CC[C@]8(O)C(=O)CO)[C@]65C)[C@]4(C)[C@H]3[C@@H](O)C[C@@]21C. The van der Waals surface area contributed by atoms with Gasteiger partial charge in [-0.3, -0.25) is 24.0 Å². The van der Waals surface area contributed by atoms with Crippen LogP contribution in [0.4, 0.5) is 0 Å². The number of ether oxygens (including phenoxy) is 1. The Labute approximate surface area is 333 Å². The van der Waals surface area contributed by atoms with E-state index in [2.05, 4.69) is 0 Å². The Balaban J connectivity index is 1.07. The second kappa shape index (κ2) is 13.3. The summed E-state index contributed by atoms with van der Waals surface area (Å²) < 4.78 is 6.28. The molecule has 57 heavy (non-hydrogen) atoms. The number of ketones is 4. The number of fused-ring (bicyclic) bond motifs is 10. The van der Waals surface area contributed by atoms with Crippen molar-refractivity contribution >= 4 is 29.1 Å². The number of hydrogen-bond donors (Lipinski definition) is 6. The van der Waals surface area contributed by atoms with Gasteiger partial charge >= 0.3 is 5.97 Å². The van der Waals surface area contributed by atoms with Crippen LogP contribution in [0.5, 0.6) is 0 Å². The lowest BCUT2D eigenvalue weighted by Crippen LogP contribution is -2.63. The van der Waals surface area contributed by atoms with Gasteiger partial charge in [0.1, 0.15) is 29.7 Å². The Hall–Kier alpha value is -2.87. The maximum absolute atomic E-state index is 14.4. The van der Waals surface area contributed by atoms with Crippen LogP contribution in [-0.4, -0.2) is 95.9 Å². The van der Waals surface area contributed by atoms with Crippen LogP contribution in [-0.2, 0) is 28.7 Å². The van der Waals surface area contributed by atoms with E-state index in [1.54, 1.807) is 12.2 Å². The minimum Gasteiger partial charge on any atom is -0.430 e. The van der Waals surface area contributed by atoms with Gasteiger partial charge in [0, 0.05) is 29.2 Å². The van der Waals surface area contributed by atoms with Gasteiger partial charge in [0.15, 0.2) is 23.1 Å². The molecule has 0 aliphatic heterocycles. The maximum atomic E-state index is 14.4. The van der Waals surface area contributed by atoms with Crippen molar-refractivity contribution in [2.75, 3.05) is 6.61 Å². The predicted octanol–water partition coefficient (Wildman–Crippen LogP) is 3.23. The molecule has 312 valence electrons. The second-order valence-electron chi connectivity index (χ2n) is 20.2. The maximum Gasteiger partial charge on any atom is 0.311 e. The molecule has 0 aromatic rings. The van der Waals surface area contributed by atoms with Gasteiger partial charge in [0.05, 0.1) is 24.0 Å². The van der Waals surface area contributed by atoms with Crippen LogP contribution in [0.1, 0.15) is 112 Å². The highest BCUT2D eigenvalue weighted by atomic mass is 16.5. The van der Waals surface area contributed by atoms with E-state index in [4.69, 9.17) is 4.74 Å². The number of esters is 1. The van der Waals surface area contributed by atoms with Gasteiger partial charge in [-0.05, 0) is 131 Å². The first-order chi connectivity index (χ1) is 26.6. The molecule has 6 N–H and O–H groups in total. The van der Waals surface area contributed by atoms with Crippen LogP contribution in [0.2, 0.25) is 0 Å². The molecule has 0 spiro atoms. The fourth-order valence-corrected chi connectivity index (χ4v) is 15.4. The number of aliphatic hydroxyl groups is 6. The number of allylic oxidation sites excluding steroid dienone is 4. The van der Waals surface area contributed by atoms with Crippen LogP contribution in [0.3, 0.4) is 0 Å². The minimum absolute atomic E-state index is 0.0525. The van der Waals surface area contributed by atoms with Crippen LogP contribution in [0, 0.1) is 63.1 Å². The summed E-state index contributed by atoms with van der Waals surface area (Å²) in [4.78, 5) is 67.0. The first-order valence-electron chi connectivity index (χ1n) is 21.2. The zero-order valence-electron chi connectivity index (χ0n) is 33.8. The molecule has 0 aromatic carbocycles. The van der Waals surface area contributed by atoms with Crippen molar-refractivity contribution in [2.24, 2.45) is 63.1 Å². The predicted molar refractivity (Wildman–Crippen MR) is 203 cm³/mol. The average molecular weight is 793 g/mol. The van der Waals surface area contributed by atoms with Crippen molar-refractivity contribution in [3.63, 3.8) is 0 Å². The first-order valence-corrected chi connectivity index (χ1v) is 21.2. The molecule has 8 aliphatic rings. The van der Waals surface area contributed by atoms with E-state index in [1.807, 2.05) is 27.7 Å². The Morgan fingerprint density at radius 1 is 0.807 bits per heavy atom. The fourth-order valence-electron chi connectivity index (χ4n) is 15.4. The van der Waals surface area contributed by atoms with Gasteiger partial charge in [0.25, 0.3) is 0 Å². The summed E-state index contributed by atoms with van der Waals surface area (Å²) in [5.41, 5.74) is -5.72. The Morgan fingerprint density at radius 2 is 1.37 bits per heavy atom. The molecular weight excluding hydrogens is 732 g/mol. The third-order valence-electron chi connectivity index (χ3n) is 18.2. The highest BCUT2D eigenvalue weighted by Gasteiger charge is 2.71. The van der Waals surface area contributed by atoms with Crippen molar-refractivity contribution in [1.29, 1.82) is 0 Å². The van der Waals surface area contributed by atoms with Crippen LogP contribution < -0.4 is 0 Å². The molecule has 0 bridgehead atoms. The first kappa shape index (κ1) is 40.9. The molecule has 0 saturated heterocycles. The molecule has 0 radical (unpaired) electrons. The lowest BCUT2D eigenvalue weighted by atomic mass is 9.43. The van der Waals surface area contributed by atoms with Gasteiger partial charge in [-0.1, -0.05) is 31.9 Å². The zero-order chi connectivity index (χ0) is 41.4. The Kier molecular flexibility index (Phi) is 9.55. The molecule has 0 amide bonds. The van der Waals surface area contributed by atoms with Crippen molar-refractivity contribution < 1.29 is 59.3 Å². The zero-order valence-corrected chi connectivity index (χ0v) is 33.8. The topological polar surface area (TPSA) is 216 Å². The highest BCUT2D eigenvalue weighted by Crippen LogP contribution is 2.70. The van der Waals surface area contributed by atoms with Crippen molar-refractivity contribution in [1.82, 2.24) is 0 Å². The highest BCUT2D eigenvalue weighted by molar-refractivity contribution is 6.02. The number of carbonyl (C=O) groups excluding carboxylic acids is 5. The molecular formula is C45H60O12. The van der Waals surface area contributed by atoms with E-state index in [0.717, 1.165) is 11.1 Å². The normalized spacial score (nSPS) is 49.1. The molecule has 12 heteroatoms. The number of aliphatic hydroxyl groups excluding tert-OH is 4. The van der Waals surface area contributed by atoms with E-state index >= 15 is 0 Å². The molecule has 6 fully saturated rings. The third-order valence-corrected chi connectivity index (χ3v) is 18.2. The number of carbonyl (C=O) groups is 5. The molecule has 0 heterocycles. The van der Waals surface area contributed by atoms with E-state index in [0.29, 0.717) is 38.5 Å². The Bertz CT molecular complexity index is 1900. The van der Waals surface area contributed by atoms with E-state index in [1.165, 1.54) is 13.0 Å². The van der Waals surface area contributed by atoms with E-state index < -0.39 is 87.2 Å². The smallest absolute Gasteiger partial charge is 0.311 e. The average Bonchev–Trinajstić information content (AvgIpc) is 3.56. The molecule has 2 unspecified atom stereocenters. The Morgan fingerprint density at radius 3 is 1.98 bits per heavy atom. The minimum atomic E-state index is -1.78. The largest absolute Gasteiger partial charge is 0.430 e. The molecule has 8 rings (SSSR count). The van der Waals surface area contributed by atoms with Crippen molar-refractivity contribution in [3.8, 4) is 0 Å². The van der Waals surface area contributed by atoms with Gasteiger partial charge in [-0.25, -0.2) is 0 Å². The van der Waals surface area contributed by atoms with Crippen molar-refractivity contribution in [3.05, 3.63) is 35.1 Å². The van der Waals surface area contributed by atoms with Crippen molar-refractivity contribution in [2.45, 2.75) is 141 Å². The summed E-state index contributed by atoms with van der Waals surface area (Å²) >= 11 is 0. The molecule has 12 nitrogen and oxygen atoms in total. The lowest BCUT2D eigenvalue weighted by Gasteiger charge is -2.62. The quantitative estimate of drug-likeness (QED) is 0.205. The van der Waals surface area contributed by atoms with Gasteiger partial charge < -0.3 is 35.4 Å². The van der Waals surface area contributed by atoms with Gasteiger partial charge in [0.2, 0.25) is 0 Å². The van der Waals surface area contributed by atoms with E-state index in [9.17, 15) is 54.6 Å². The second-order valence-corrected chi connectivity index (χ2v) is 20.2. The summed E-state index contributed by atoms with van der Waals surface area (Å²) in [6.07, 6.45) is 5.02. The summed E-state index contributed by atoms with van der Waals surface area (Å²) in [5, 5.41) is 67.6. The summed E-state index contributed by atoms with van der Waals surface area (Å²) in [5.74, 6) is -4.23. The lowest BCUT2D eigenvalue weighted by molar-refractivity contribution is -0.190. The molecule has 6 saturated carbocycles. The number of Topliss-reactive ketones (excluding diaryl/α,β-unsaturated/α-hetero) is 2. The fraction of sp³-hybridized carbons (Fsp3) is 0.756. The van der Waals surface area contributed by atoms with Crippen LogP contribution in [0.25, 0.3) is 0 Å².